The average Bonchev–Trinajstić information content (AvgIpc) is 2.92. The van der Waals surface area contributed by atoms with E-state index in [2.05, 4.69) is 0 Å². The minimum absolute atomic E-state index is 0.0712. The summed E-state index contributed by atoms with van der Waals surface area (Å²) in [5, 5.41) is 0. The summed E-state index contributed by atoms with van der Waals surface area (Å²) in [4.78, 5) is 0. The normalized spacial score (nSPS) is 17.2. The van der Waals surface area contributed by atoms with Crippen LogP contribution in [0.3, 0.4) is 0 Å². The van der Waals surface area contributed by atoms with Gasteiger partial charge in [0.15, 0.2) is 0 Å². The largest absolute Gasteiger partial charge is 0.399 e. The monoisotopic (exact) mass is 297 g/mol. The molecule has 0 bridgehead atoms. The van der Waals surface area contributed by atoms with Crippen molar-refractivity contribution in [2.75, 3.05) is 18.8 Å². The highest BCUT2D eigenvalue weighted by Gasteiger charge is 2.33. The Labute approximate surface area is 121 Å². The van der Waals surface area contributed by atoms with Crippen LogP contribution in [0, 0.1) is 0 Å². The summed E-state index contributed by atoms with van der Waals surface area (Å²) >= 11 is 0. The van der Waals surface area contributed by atoms with Crippen molar-refractivity contribution in [3.05, 3.63) is 29.8 Å². The molecule has 6 heteroatoms. The summed E-state index contributed by atoms with van der Waals surface area (Å²) < 4.78 is 28.5. The standard InChI is InChI=1S/C14H23N3O2S/c1-12(2)17(11-13-5-7-14(15)8-6-13)20(18,19)16-9-3-4-10-16/h5-8,12H,3-4,9-11,15H2,1-2H3. The van der Waals surface area contributed by atoms with E-state index in [9.17, 15) is 8.42 Å². The maximum Gasteiger partial charge on any atom is 0.282 e. The van der Waals surface area contributed by atoms with Gasteiger partial charge < -0.3 is 5.73 Å². The highest BCUT2D eigenvalue weighted by Crippen LogP contribution is 2.21. The molecule has 1 fully saturated rings. The minimum Gasteiger partial charge on any atom is -0.399 e. The van der Waals surface area contributed by atoms with Crippen molar-refractivity contribution in [1.82, 2.24) is 8.61 Å². The zero-order valence-corrected chi connectivity index (χ0v) is 12.9. The Balaban J connectivity index is 2.20. The SMILES string of the molecule is CC(C)N(Cc1ccc(N)cc1)S(=O)(=O)N1CCCC1. The number of hydrogen-bond acceptors (Lipinski definition) is 3. The lowest BCUT2D eigenvalue weighted by atomic mass is 10.2. The van der Waals surface area contributed by atoms with Crippen LogP contribution >= 0.6 is 0 Å². The third-order valence-corrected chi connectivity index (χ3v) is 5.74. The molecule has 1 aliphatic heterocycles. The third kappa shape index (κ3) is 3.31. The fourth-order valence-electron chi connectivity index (χ4n) is 2.40. The fraction of sp³-hybridized carbons (Fsp3) is 0.571. The molecule has 1 heterocycles. The molecule has 2 N–H and O–H groups in total. The van der Waals surface area contributed by atoms with E-state index in [1.807, 2.05) is 26.0 Å². The van der Waals surface area contributed by atoms with Gasteiger partial charge in [0.2, 0.25) is 0 Å². The first-order valence-electron chi connectivity index (χ1n) is 7.02. The van der Waals surface area contributed by atoms with Gasteiger partial charge >= 0.3 is 0 Å². The first-order valence-corrected chi connectivity index (χ1v) is 8.42. The Kier molecular flexibility index (Phi) is 4.67. The molecule has 2 rings (SSSR count). The van der Waals surface area contributed by atoms with Crippen LogP contribution < -0.4 is 5.73 Å². The number of benzene rings is 1. The molecule has 0 amide bonds. The van der Waals surface area contributed by atoms with Crippen molar-refractivity contribution in [2.45, 2.75) is 39.3 Å². The lowest BCUT2D eigenvalue weighted by Crippen LogP contribution is -2.45. The van der Waals surface area contributed by atoms with Crippen molar-refractivity contribution in [2.24, 2.45) is 0 Å². The molecule has 20 heavy (non-hydrogen) atoms. The van der Waals surface area contributed by atoms with E-state index in [0.29, 0.717) is 25.3 Å². The molecule has 0 spiro atoms. The van der Waals surface area contributed by atoms with Crippen LogP contribution in [0.2, 0.25) is 0 Å². The lowest BCUT2D eigenvalue weighted by Gasteiger charge is -2.30. The average molecular weight is 297 g/mol. The topological polar surface area (TPSA) is 66.6 Å². The van der Waals surface area contributed by atoms with Crippen LogP contribution in [0.5, 0.6) is 0 Å². The second kappa shape index (κ2) is 6.11. The van der Waals surface area contributed by atoms with E-state index in [1.165, 1.54) is 0 Å². The summed E-state index contributed by atoms with van der Waals surface area (Å²) in [7, 11) is -3.37. The first kappa shape index (κ1) is 15.3. The van der Waals surface area contributed by atoms with E-state index in [1.54, 1.807) is 20.7 Å². The van der Waals surface area contributed by atoms with Crippen molar-refractivity contribution < 1.29 is 8.42 Å². The van der Waals surface area contributed by atoms with Gasteiger partial charge in [0, 0.05) is 31.4 Å². The smallest absolute Gasteiger partial charge is 0.282 e. The predicted molar refractivity (Wildman–Crippen MR) is 81.3 cm³/mol. The molecule has 0 aromatic heterocycles. The van der Waals surface area contributed by atoms with Crippen LogP contribution in [0.1, 0.15) is 32.3 Å². The zero-order chi connectivity index (χ0) is 14.8. The van der Waals surface area contributed by atoms with Gasteiger partial charge in [-0.15, -0.1) is 0 Å². The van der Waals surface area contributed by atoms with Crippen LogP contribution in [-0.2, 0) is 16.8 Å². The van der Waals surface area contributed by atoms with E-state index in [-0.39, 0.29) is 6.04 Å². The van der Waals surface area contributed by atoms with Gasteiger partial charge in [0.25, 0.3) is 10.2 Å². The number of rotatable bonds is 5. The van der Waals surface area contributed by atoms with Crippen LogP contribution in [0.15, 0.2) is 24.3 Å². The van der Waals surface area contributed by atoms with E-state index in [0.717, 1.165) is 18.4 Å². The van der Waals surface area contributed by atoms with Gasteiger partial charge in [0.05, 0.1) is 0 Å². The molecular weight excluding hydrogens is 274 g/mol. The van der Waals surface area contributed by atoms with Crippen LogP contribution in [0.4, 0.5) is 5.69 Å². The molecule has 1 aliphatic rings. The zero-order valence-electron chi connectivity index (χ0n) is 12.1. The van der Waals surface area contributed by atoms with Gasteiger partial charge in [-0.05, 0) is 44.4 Å². The predicted octanol–water partition coefficient (Wildman–Crippen LogP) is 1.82. The molecule has 0 aliphatic carbocycles. The molecule has 0 atom stereocenters. The Morgan fingerprint density at radius 2 is 1.75 bits per heavy atom. The number of nitrogen functional groups attached to an aromatic ring is 1. The van der Waals surface area contributed by atoms with Gasteiger partial charge in [-0.1, -0.05) is 12.1 Å². The van der Waals surface area contributed by atoms with Crippen molar-refractivity contribution in [1.29, 1.82) is 0 Å². The van der Waals surface area contributed by atoms with Gasteiger partial charge in [-0.3, -0.25) is 0 Å². The molecule has 112 valence electrons. The lowest BCUT2D eigenvalue weighted by molar-refractivity contribution is 0.313. The maximum atomic E-state index is 12.7. The number of hydrogen-bond donors (Lipinski definition) is 1. The van der Waals surface area contributed by atoms with Crippen molar-refractivity contribution in [3.8, 4) is 0 Å². The molecule has 0 unspecified atom stereocenters. The molecule has 1 aromatic rings. The Morgan fingerprint density at radius 3 is 2.25 bits per heavy atom. The number of nitrogens with zero attached hydrogens (tertiary/aromatic N) is 2. The maximum absolute atomic E-state index is 12.7. The van der Waals surface area contributed by atoms with Gasteiger partial charge in [-0.25, -0.2) is 0 Å². The molecular formula is C14H23N3O2S. The Hall–Kier alpha value is -1.11. The number of anilines is 1. The van der Waals surface area contributed by atoms with Gasteiger partial charge in [-0.2, -0.15) is 17.0 Å². The molecule has 1 saturated heterocycles. The van der Waals surface area contributed by atoms with Crippen LogP contribution in [-0.4, -0.2) is 36.2 Å². The summed E-state index contributed by atoms with van der Waals surface area (Å²) in [6, 6.07) is 7.29. The third-order valence-electron chi connectivity index (χ3n) is 3.58. The summed E-state index contributed by atoms with van der Waals surface area (Å²) in [5.74, 6) is 0. The molecule has 0 radical (unpaired) electrons. The highest BCUT2D eigenvalue weighted by molar-refractivity contribution is 7.86. The summed E-state index contributed by atoms with van der Waals surface area (Å²) in [5.41, 5.74) is 7.30. The highest BCUT2D eigenvalue weighted by atomic mass is 32.2. The van der Waals surface area contributed by atoms with E-state index < -0.39 is 10.2 Å². The van der Waals surface area contributed by atoms with E-state index in [4.69, 9.17) is 5.73 Å². The van der Waals surface area contributed by atoms with Gasteiger partial charge in [0.1, 0.15) is 0 Å². The van der Waals surface area contributed by atoms with Crippen molar-refractivity contribution in [3.63, 3.8) is 0 Å². The summed E-state index contributed by atoms with van der Waals surface area (Å²) in [6.45, 7) is 5.47. The quantitative estimate of drug-likeness (QED) is 0.843. The molecule has 1 aromatic carbocycles. The first-order chi connectivity index (χ1) is 9.41. The Bertz CT molecular complexity index is 534. The molecule has 5 nitrogen and oxygen atoms in total. The summed E-state index contributed by atoms with van der Waals surface area (Å²) in [6.07, 6.45) is 1.90. The fourth-order valence-corrected chi connectivity index (χ4v) is 4.26. The van der Waals surface area contributed by atoms with Crippen LogP contribution in [0.25, 0.3) is 0 Å². The second-order valence-corrected chi connectivity index (χ2v) is 7.38. The Morgan fingerprint density at radius 1 is 1.20 bits per heavy atom. The minimum atomic E-state index is -3.37. The number of nitrogens with two attached hydrogens (primary N) is 1. The molecule has 0 saturated carbocycles. The van der Waals surface area contributed by atoms with E-state index >= 15 is 0 Å². The van der Waals surface area contributed by atoms with Crippen molar-refractivity contribution >= 4 is 15.9 Å². The second-order valence-electron chi connectivity index (χ2n) is 5.49.